The molecule has 9 aromatic rings. The molecule has 44 heavy (non-hydrogen) atoms. The molecular formula is C43H28S. The molecule has 0 radical (unpaired) electrons. The molecule has 0 unspecified atom stereocenters. The molecule has 1 heterocycles. The number of thiophene rings is 1. The Balaban J connectivity index is 1.38. The van der Waals surface area contributed by atoms with E-state index in [9.17, 15) is 0 Å². The predicted molar refractivity (Wildman–Crippen MR) is 193 cm³/mol. The Morgan fingerprint density at radius 3 is 1.84 bits per heavy atom. The van der Waals surface area contributed by atoms with Crippen molar-refractivity contribution in [2.75, 3.05) is 0 Å². The second-order valence-corrected chi connectivity index (χ2v) is 12.7. The van der Waals surface area contributed by atoms with E-state index < -0.39 is 0 Å². The van der Waals surface area contributed by atoms with Crippen LogP contribution in [0.2, 0.25) is 0 Å². The maximum atomic E-state index is 8.06. The van der Waals surface area contributed by atoms with Gasteiger partial charge in [0.15, 0.2) is 0 Å². The third kappa shape index (κ3) is 3.76. The second-order valence-electron chi connectivity index (χ2n) is 11.6. The van der Waals surface area contributed by atoms with E-state index in [4.69, 9.17) is 1.37 Å². The van der Waals surface area contributed by atoms with Gasteiger partial charge < -0.3 is 0 Å². The van der Waals surface area contributed by atoms with E-state index in [1.807, 2.05) is 23.5 Å². The Morgan fingerprint density at radius 1 is 0.477 bits per heavy atom. The molecule has 8 aromatic carbocycles. The summed E-state index contributed by atoms with van der Waals surface area (Å²) in [4.78, 5) is 0. The van der Waals surface area contributed by atoms with Gasteiger partial charge in [0, 0.05) is 20.2 Å². The number of hydrogen-bond acceptors (Lipinski definition) is 1. The highest BCUT2D eigenvalue weighted by Gasteiger charge is 2.21. The average Bonchev–Trinajstić information content (AvgIpc) is 3.47. The van der Waals surface area contributed by atoms with Crippen molar-refractivity contribution in [3.63, 3.8) is 0 Å². The molecule has 0 nitrogen and oxygen atoms in total. The van der Waals surface area contributed by atoms with Gasteiger partial charge in [-0.1, -0.05) is 140 Å². The first-order valence-electron chi connectivity index (χ1n) is 15.6. The van der Waals surface area contributed by atoms with E-state index >= 15 is 0 Å². The summed E-state index contributed by atoms with van der Waals surface area (Å²) >= 11 is 1.90. The maximum absolute atomic E-state index is 8.06. The molecule has 0 spiro atoms. The molecule has 0 aliphatic heterocycles. The molecule has 0 fully saturated rings. The first kappa shape index (κ1) is 24.2. The van der Waals surface area contributed by atoms with Crippen molar-refractivity contribution in [2.45, 2.75) is 6.92 Å². The number of rotatable bonds is 3. The molecule has 9 rings (SSSR count). The lowest BCUT2D eigenvalue weighted by Gasteiger charge is -2.20. The minimum atomic E-state index is 0.537. The van der Waals surface area contributed by atoms with Gasteiger partial charge in [0.1, 0.15) is 0 Å². The van der Waals surface area contributed by atoms with Gasteiger partial charge in [-0.05, 0) is 90.3 Å². The molecule has 0 saturated carbocycles. The summed E-state index contributed by atoms with van der Waals surface area (Å²) in [7, 11) is 0. The smallest absolute Gasteiger partial charge is 0.0623 e. The highest BCUT2D eigenvalue weighted by molar-refractivity contribution is 7.26. The normalized spacial score (nSPS) is 12.1. The molecule has 0 bridgehead atoms. The van der Waals surface area contributed by atoms with Crippen LogP contribution in [0, 0.1) is 6.92 Å². The van der Waals surface area contributed by atoms with Crippen LogP contribution in [-0.4, -0.2) is 0 Å². The van der Waals surface area contributed by atoms with E-state index in [-0.39, 0.29) is 0 Å². The summed E-state index contributed by atoms with van der Waals surface area (Å²) in [5, 5.41) is 9.96. The summed E-state index contributed by atoms with van der Waals surface area (Å²) in [6, 6.07) is 53.2. The summed E-state index contributed by atoms with van der Waals surface area (Å²) < 4.78 is 10.8. The van der Waals surface area contributed by atoms with Gasteiger partial charge in [-0.15, -0.1) is 11.3 Å². The zero-order valence-electron chi connectivity index (χ0n) is 25.3. The van der Waals surface area contributed by atoms with Crippen molar-refractivity contribution in [1.82, 2.24) is 0 Å². The lowest BCUT2D eigenvalue weighted by Crippen LogP contribution is -1.93. The predicted octanol–water partition coefficient (Wildman–Crippen LogP) is 12.8. The van der Waals surface area contributed by atoms with Gasteiger partial charge in [0.25, 0.3) is 0 Å². The fourth-order valence-corrected chi connectivity index (χ4v) is 8.35. The van der Waals surface area contributed by atoms with E-state index in [2.05, 4.69) is 140 Å². The molecule has 1 heteroatoms. The molecule has 0 aliphatic carbocycles. The lowest BCUT2D eigenvalue weighted by atomic mass is 9.83. The monoisotopic (exact) mass is 577 g/mol. The van der Waals surface area contributed by atoms with Crippen LogP contribution in [-0.2, 0) is 0 Å². The minimum Gasteiger partial charge on any atom is -0.135 e. The van der Waals surface area contributed by atoms with Crippen molar-refractivity contribution in [3.8, 4) is 33.4 Å². The van der Waals surface area contributed by atoms with Crippen molar-refractivity contribution in [3.05, 3.63) is 157 Å². The largest absolute Gasteiger partial charge is 0.135 e. The highest BCUT2D eigenvalue weighted by Crippen LogP contribution is 2.49. The first-order chi connectivity index (χ1) is 22.2. The Labute approximate surface area is 261 Å². The zero-order chi connectivity index (χ0) is 30.1. The Morgan fingerprint density at radius 2 is 1.09 bits per heavy atom. The van der Waals surface area contributed by atoms with E-state index in [0.717, 1.165) is 10.8 Å². The van der Waals surface area contributed by atoms with Gasteiger partial charge in [0.2, 0.25) is 0 Å². The lowest BCUT2D eigenvalue weighted by molar-refractivity contribution is 1.56. The van der Waals surface area contributed by atoms with E-state index in [0.29, 0.717) is 6.04 Å². The standard InChI is InChI=1S/C43H28S/c1-27-12-10-22-38-42-37(21-11-23-39(42)44-43(27)38)41-35-19-8-6-17-33(35)40(34-18-7-9-20-36(34)41)32-16-5-4-15-31(32)30-25-24-28-13-2-3-14-29(28)26-30/h2-26H,1H3/i2D. The summed E-state index contributed by atoms with van der Waals surface area (Å²) in [5.74, 6) is 0. The first-order valence-corrected chi connectivity index (χ1v) is 15.9. The fraction of sp³-hybridized carbons (Fsp3) is 0.0233. The SMILES string of the molecule is [2H]c1ccc2cc(-c3ccccc3-c3c4ccccc4c(-c4cccc5sc6c(C)cccc6c45)c4ccccc34)ccc2c1. The Hall–Kier alpha value is -5.24. The molecule has 0 aliphatic rings. The number of benzene rings is 8. The number of hydrogen-bond donors (Lipinski definition) is 0. The number of aryl methyl sites for hydroxylation is 1. The molecule has 1 aromatic heterocycles. The van der Waals surface area contributed by atoms with Crippen LogP contribution >= 0.6 is 11.3 Å². The van der Waals surface area contributed by atoms with E-state index in [1.165, 1.54) is 80.7 Å². The maximum Gasteiger partial charge on any atom is 0.0623 e. The fourth-order valence-electron chi connectivity index (χ4n) is 7.15. The van der Waals surface area contributed by atoms with Crippen LogP contribution in [0.1, 0.15) is 6.93 Å². The summed E-state index contributed by atoms with van der Waals surface area (Å²) in [6.07, 6.45) is 0. The summed E-state index contributed by atoms with van der Waals surface area (Å²) in [5.41, 5.74) is 8.79. The van der Waals surface area contributed by atoms with Crippen molar-refractivity contribution in [2.24, 2.45) is 0 Å². The molecule has 0 amide bonds. The molecule has 0 N–H and O–H groups in total. The highest BCUT2D eigenvalue weighted by atomic mass is 32.1. The molecule has 0 atom stereocenters. The summed E-state index contributed by atoms with van der Waals surface area (Å²) in [6.45, 7) is 2.22. The molecule has 206 valence electrons. The van der Waals surface area contributed by atoms with Crippen molar-refractivity contribution in [1.29, 1.82) is 0 Å². The third-order valence-corrected chi connectivity index (χ3v) is 10.4. The van der Waals surface area contributed by atoms with Gasteiger partial charge in [-0.25, -0.2) is 0 Å². The zero-order valence-corrected chi connectivity index (χ0v) is 25.1. The van der Waals surface area contributed by atoms with Crippen LogP contribution in [0.15, 0.2) is 152 Å². The van der Waals surface area contributed by atoms with Crippen LogP contribution < -0.4 is 0 Å². The third-order valence-electron chi connectivity index (χ3n) is 9.11. The van der Waals surface area contributed by atoms with E-state index in [1.54, 1.807) is 0 Å². The van der Waals surface area contributed by atoms with Crippen molar-refractivity contribution >= 4 is 63.8 Å². The van der Waals surface area contributed by atoms with Crippen LogP contribution in [0.5, 0.6) is 0 Å². The van der Waals surface area contributed by atoms with Gasteiger partial charge in [-0.3, -0.25) is 0 Å². The van der Waals surface area contributed by atoms with Crippen LogP contribution in [0.3, 0.4) is 0 Å². The molecule has 0 saturated heterocycles. The second kappa shape index (κ2) is 9.91. The molecular weight excluding hydrogens is 549 g/mol. The van der Waals surface area contributed by atoms with Gasteiger partial charge in [-0.2, -0.15) is 0 Å². The topological polar surface area (TPSA) is 0 Å². The van der Waals surface area contributed by atoms with Crippen LogP contribution in [0.4, 0.5) is 0 Å². The van der Waals surface area contributed by atoms with Crippen LogP contribution in [0.25, 0.3) is 85.9 Å². The van der Waals surface area contributed by atoms with Gasteiger partial charge in [0.05, 0.1) is 1.37 Å². The minimum absolute atomic E-state index is 0.537. The Bertz CT molecular complexity index is 2570. The van der Waals surface area contributed by atoms with Crippen molar-refractivity contribution < 1.29 is 1.37 Å². The van der Waals surface area contributed by atoms with Gasteiger partial charge >= 0.3 is 0 Å². The Kier molecular flexibility index (Phi) is 5.46. The number of fused-ring (bicyclic) bond motifs is 6. The quantitative estimate of drug-likeness (QED) is 0.183. The average molecular weight is 578 g/mol.